The van der Waals surface area contributed by atoms with Crippen molar-refractivity contribution < 1.29 is 43.2 Å². The van der Waals surface area contributed by atoms with Crippen LogP contribution in [0.15, 0.2) is 6.20 Å². The number of nitrogens with two attached hydrogens (primary N) is 1. The van der Waals surface area contributed by atoms with Crippen molar-refractivity contribution in [2.75, 3.05) is 71.8 Å². The molecule has 14 nitrogen and oxygen atoms in total. The van der Waals surface area contributed by atoms with Gasteiger partial charge in [-0.15, -0.1) is 16.9 Å². The van der Waals surface area contributed by atoms with Gasteiger partial charge in [-0.2, -0.15) is 0 Å². The van der Waals surface area contributed by atoms with Gasteiger partial charge in [-0.1, -0.05) is 32.9 Å². The lowest BCUT2D eigenvalue weighted by atomic mass is 10.1. The van der Waals surface area contributed by atoms with Gasteiger partial charge in [0.15, 0.2) is 0 Å². The third-order valence-corrected chi connectivity index (χ3v) is 7.02. The van der Waals surface area contributed by atoms with E-state index in [1.165, 1.54) is 0 Å². The largest absolute Gasteiger partial charge is 0.480 e. The number of hydrogen-bond donors (Lipinski definition) is 2. The molecule has 15 heteroatoms. The monoisotopic (exact) mass is 619 g/mol. The molecule has 0 bridgehead atoms. The van der Waals surface area contributed by atoms with Crippen molar-refractivity contribution in [3.8, 4) is 0 Å². The maximum Gasteiger partial charge on any atom is 0.321 e. The number of aliphatic carboxylic acids is 1. The molecule has 1 aliphatic rings. The third kappa shape index (κ3) is 16.5. The second kappa shape index (κ2) is 23.3. The highest BCUT2D eigenvalue weighted by Gasteiger charge is 2.39. The second-order valence-corrected chi connectivity index (χ2v) is 10.7. The van der Waals surface area contributed by atoms with Crippen molar-refractivity contribution in [3.63, 3.8) is 0 Å². The highest BCUT2D eigenvalue weighted by molar-refractivity contribution is 8.00. The minimum atomic E-state index is -1.15. The summed E-state index contributed by atoms with van der Waals surface area (Å²) in [7, 11) is 0. The minimum absolute atomic E-state index is 0.00897. The zero-order chi connectivity index (χ0) is 31.2. The lowest BCUT2D eigenvalue weighted by molar-refractivity contribution is -0.139. The smallest absolute Gasteiger partial charge is 0.321 e. The first-order chi connectivity index (χ1) is 20.3. The first-order valence-corrected chi connectivity index (χ1v) is 15.5. The average Bonchev–Trinajstić information content (AvgIpc) is 3.53. The van der Waals surface area contributed by atoms with E-state index in [2.05, 4.69) is 24.2 Å². The van der Waals surface area contributed by atoms with E-state index in [9.17, 15) is 14.4 Å². The lowest BCUT2D eigenvalue weighted by Gasteiger charge is -2.13. The second-order valence-electron chi connectivity index (χ2n) is 9.51. The number of thioether (sulfide) groups is 1. The molecule has 0 radical (unpaired) electrons. The third-order valence-electron chi connectivity index (χ3n) is 5.70. The van der Waals surface area contributed by atoms with Crippen molar-refractivity contribution >= 4 is 29.5 Å². The Kier molecular flexibility index (Phi) is 21.0. The molecule has 1 aliphatic heterocycles. The van der Waals surface area contributed by atoms with Gasteiger partial charge in [-0.05, 0) is 12.3 Å². The Hall–Kier alpha value is -2.14. The molecule has 2 atom stereocenters. The Bertz CT molecular complexity index is 890. The maximum atomic E-state index is 12.6. The van der Waals surface area contributed by atoms with Gasteiger partial charge < -0.3 is 34.5 Å². The fraction of sp³-hybridized carbons (Fsp3) is 0.815. The fourth-order valence-corrected chi connectivity index (χ4v) is 4.49. The van der Waals surface area contributed by atoms with Crippen LogP contribution in [0.1, 0.15) is 46.2 Å². The number of hydrogen-bond acceptors (Lipinski definition) is 12. The number of rotatable bonds is 24. The number of carboxylic acids is 1. The Balaban J connectivity index is 0.00000431. The standard InChI is InChI=1S/C25H43N5O9S.C2H6/c1-19(2)3-5-35-7-9-37-11-13-39-14-12-38-10-8-36-6-4-29-16-20(27-28-29)17-30-23(31)15-22(24(30)32)40-18-21(26)25(33)34;1-2/h16,19,21-22H,3-15,17-18,26H2,1-2H3,(H,33,34);1-2H3. The van der Waals surface area contributed by atoms with Crippen molar-refractivity contribution in [1.82, 2.24) is 19.9 Å². The molecule has 2 unspecified atom stereocenters. The van der Waals surface area contributed by atoms with E-state index >= 15 is 0 Å². The summed E-state index contributed by atoms with van der Waals surface area (Å²) >= 11 is 1.08. The summed E-state index contributed by atoms with van der Waals surface area (Å²) in [5.41, 5.74) is 5.95. The molecule has 242 valence electrons. The van der Waals surface area contributed by atoms with Crippen molar-refractivity contribution in [3.05, 3.63) is 11.9 Å². The zero-order valence-electron chi connectivity index (χ0n) is 25.4. The molecule has 0 saturated carbocycles. The number of nitrogens with zero attached hydrogens (tertiary/aromatic N) is 4. The highest BCUT2D eigenvalue weighted by atomic mass is 32.2. The van der Waals surface area contributed by atoms with Gasteiger partial charge >= 0.3 is 5.97 Å². The van der Waals surface area contributed by atoms with E-state index < -0.39 is 17.3 Å². The average molecular weight is 620 g/mol. The summed E-state index contributed by atoms with van der Waals surface area (Å²) in [4.78, 5) is 36.8. The first kappa shape index (κ1) is 37.9. The fourth-order valence-electron chi connectivity index (χ4n) is 3.38. The SMILES string of the molecule is CC.CC(C)CCOCCOCCOCCOCCOCCn1cc(CN2C(=O)CC(SCC(N)C(=O)O)C2=O)nn1. The Labute approximate surface area is 252 Å². The topological polar surface area (TPSA) is 178 Å². The molecule has 0 aliphatic carbocycles. The molecule has 42 heavy (non-hydrogen) atoms. The van der Waals surface area contributed by atoms with Crippen LogP contribution in [-0.4, -0.2) is 126 Å². The molecule has 2 rings (SSSR count). The minimum Gasteiger partial charge on any atom is -0.480 e. The van der Waals surface area contributed by atoms with Crippen molar-refractivity contribution in [1.29, 1.82) is 0 Å². The van der Waals surface area contributed by atoms with Crippen LogP contribution < -0.4 is 5.73 Å². The Morgan fingerprint density at radius 2 is 1.50 bits per heavy atom. The van der Waals surface area contributed by atoms with Gasteiger partial charge in [0, 0.05) is 18.8 Å². The molecular formula is C27H49N5O9S. The predicted octanol–water partition coefficient (Wildman–Crippen LogP) is 1.21. The first-order valence-electron chi connectivity index (χ1n) is 14.5. The van der Waals surface area contributed by atoms with Crippen LogP contribution in [-0.2, 0) is 51.2 Å². The summed E-state index contributed by atoms with van der Waals surface area (Å²) in [6.07, 6.45) is 2.72. The van der Waals surface area contributed by atoms with Crippen molar-refractivity contribution in [2.45, 2.75) is 64.9 Å². The number of imide groups is 1. The maximum absolute atomic E-state index is 12.6. The molecule has 2 amide bonds. The lowest BCUT2D eigenvalue weighted by Crippen LogP contribution is -2.34. The van der Waals surface area contributed by atoms with Gasteiger partial charge in [0.25, 0.3) is 0 Å². The quantitative estimate of drug-likeness (QED) is 0.125. The van der Waals surface area contributed by atoms with Gasteiger partial charge in [0.2, 0.25) is 11.8 Å². The molecule has 2 heterocycles. The zero-order valence-corrected chi connectivity index (χ0v) is 26.2. The molecule has 0 spiro atoms. The Morgan fingerprint density at radius 3 is 2.02 bits per heavy atom. The summed E-state index contributed by atoms with van der Waals surface area (Å²) in [5, 5.41) is 16.3. The number of carbonyl (C=O) groups excluding carboxylic acids is 2. The van der Waals surface area contributed by atoms with Crippen LogP contribution in [0, 0.1) is 5.92 Å². The molecule has 0 aromatic carbocycles. The molecular weight excluding hydrogens is 570 g/mol. The van der Waals surface area contributed by atoms with E-state index in [4.69, 9.17) is 34.5 Å². The summed E-state index contributed by atoms with van der Waals surface area (Å²) in [6.45, 7) is 14.0. The van der Waals surface area contributed by atoms with E-state index in [1.807, 2.05) is 13.8 Å². The number of amides is 2. The van der Waals surface area contributed by atoms with Gasteiger partial charge in [0.05, 0.1) is 84.0 Å². The number of likely N-dealkylation sites (tertiary alicyclic amines) is 1. The van der Waals surface area contributed by atoms with Gasteiger partial charge in [0.1, 0.15) is 11.7 Å². The summed E-state index contributed by atoms with van der Waals surface area (Å²) in [6, 6.07) is -1.09. The Morgan fingerprint density at radius 1 is 0.976 bits per heavy atom. The van der Waals surface area contributed by atoms with E-state index in [1.54, 1.807) is 10.9 Å². The number of aromatic nitrogens is 3. The van der Waals surface area contributed by atoms with Crippen molar-refractivity contribution in [2.24, 2.45) is 11.7 Å². The van der Waals surface area contributed by atoms with E-state index in [-0.39, 0.29) is 30.5 Å². The van der Waals surface area contributed by atoms with E-state index in [0.29, 0.717) is 77.6 Å². The molecule has 3 N–H and O–H groups in total. The number of ether oxygens (including phenoxy) is 5. The molecule has 1 saturated heterocycles. The number of carboxylic acid groups (broad SMARTS) is 1. The molecule has 1 aromatic rings. The van der Waals surface area contributed by atoms with Crippen LogP contribution in [0.5, 0.6) is 0 Å². The molecule has 1 fully saturated rings. The van der Waals surface area contributed by atoms with Crippen LogP contribution >= 0.6 is 11.8 Å². The highest BCUT2D eigenvalue weighted by Crippen LogP contribution is 2.26. The van der Waals surface area contributed by atoms with Crippen LogP contribution in [0.4, 0.5) is 0 Å². The van der Waals surface area contributed by atoms with Crippen LogP contribution in [0.2, 0.25) is 0 Å². The van der Waals surface area contributed by atoms with Crippen LogP contribution in [0.25, 0.3) is 0 Å². The van der Waals surface area contributed by atoms with Gasteiger partial charge in [-0.25, -0.2) is 4.68 Å². The normalized spacial score (nSPS) is 15.8. The summed E-state index contributed by atoms with van der Waals surface area (Å²) in [5.74, 6) is -1.16. The van der Waals surface area contributed by atoms with E-state index in [0.717, 1.165) is 29.7 Å². The summed E-state index contributed by atoms with van der Waals surface area (Å²) < 4.78 is 29.0. The molecule has 1 aromatic heterocycles. The number of carbonyl (C=O) groups is 3. The van der Waals surface area contributed by atoms with Crippen LogP contribution in [0.3, 0.4) is 0 Å². The van der Waals surface area contributed by atoms with Gasteiger partial charge in [-0.3, -0.25) is 19.3 Å². The predicted molar refractivity (Wildman–Crippen MR) is 157 cm³/mol.